The van der Waals surface area contributed by atoms with Crippen LogP contribution in [0.2, 0.25) is 0 Å². The molecule has 0 aromatic heterocycles. The van der Waals surface area contributed by atoms with Crippen LogP contribution in [-0.4, -0.2) is 43.6 Å². The van der Waals surface area contributed by atoms with E-state index in [4.69, 9.17) is 4.74 Å². The summed E-state index contributed by atoms with van der Waals surface area (Å²) in [5, 5.41) is 0. The van der Waals surface area contributed by atoms with E-state index in [1.54, 1.807) is 24.3 Å². The molecule has 2 aromatic carbocycles. The fraction of sp³-hybridized carbons (Fsp3) is 0.316. The third-order valence-corrected chi connectivity index (χ3v) is 6.83. The van der Waals surface area contributed by atoms with Gasteiger partial charge in [0.15, 0.2) is 5.78 Å². The zero-order valence-electron chi connectivity index (χ0n) is 15.0. The fourth-order valence-corrected chi connectivity index (χ4v) is 5.16. The maximum absolute atomic E-state index is 12.9. The van der Waals surface area contributed by atoms with E-state index in [-0.39, 0.29) is 30.2 Å². The van der Waals surface area contributed by atoms with Crippen LogP contribution in [-0.2, 0) is 10.0 Å². The monoisotopic (exact) mass is 427 g/mol. The second kappa shape index (κ2) is 6.74. The smallest absolute Gasteiger partial charge is 0.485 e. The van der Waals surface area contributed by atoms with Crippen LogP contribution < -0.4 is 9.47 Å². The van der Waals surface area contributed by atoms with Gasteiger partial charge in [-0.25, -0.2) is 8.42 Å². The lowest BCUT2D eigenvalue weighted by molar-refractivity contribution is -0.274. The molecule has 2 aromatic rings. The molecule has 0 amide bonds. The second-order valence-electron chi connectivity index (χ2n) is 6.99. The molecule has 1 atom stereocenters. The van der Waals surface area contributed by atoms with Crippen molar-refractivity contribution in [1.29, 1.82) is 0 Å². The molecule has 1 saturated heterocycles. The van der Waals surface area contributed by atoms with Crippen molar-refractivity contribution in [2.75, 3.05) is 13.1 Å². The molecule has 1 spiro atoms. The number of rotatable bonds is 3. The number of carbonyl (C=O) groups is 1. The summed E-state index contributed by atoms with van der Waals surface area (Å²) < 4.78 is 73.6. The van der Waals surface area contributed by atoms with Crippen molar-refractivity contribution in [2.45, 2.75) is 29.7 Å². The summed E-state index contributed by atoms with van der Waals surface area (Å²) in [6, 6.07) is 10.8. The Labute approximate surface area is 164 Å². The number of Topliss-reactive ketones (excluding diaryl/α,β-unsaturated/α-hetero) is 1. The average molecular weight is 427 g/mol. The first kappa shape index (κ1) is 19.7. The van der Waals surface area contributed by atoms with Crippen molar-refractivity contribution in [3.8, 4) is 11.5 Å². The number of carbonyl (C=O) groups excluding carboxylic acids is 1. The molecule has 2 aliphatic rings. The number of para-hydroxylation sites is 1. The Bertz CT molecular complexity index is 1050. The molecule has 29 heavy (non-hydrogen) atoms. The van der Waals surface area contributed by atoms with E-state index < -0.39 is 27.7 Å². The van der Waals surface area contributed by atoms with E-state index in [0.29, 0.717) is 17.7 Å². The Kier molecular flexibility index (Phi) is 4.58. The summed E-state index contributed by atoms with van der Waals surface area (Å²) in [6.07, 6.45) is -4.46. The van der Waals surface area contributed by atoms with Crippen molar-refractivity contribution >= 4 is 15.8 Å². The molecular weight excluding hydrogens is 411 g/mol. The van der Waals surface area contributed by atoms with Crippen LogP contribution >= 0.6 is 0 Å². The number of ketones is 1. The van der Waals surface area contributed by atoms with Gasteiger partial charge >= 0.3 is 6.36 Å². The Morgan fingerprint density at radius 3 is 2.45 bits per heavy atom. The Hall–Kier alpha value is -2.59. The topological polar surface area (TPSA) is 72.9 Å². The fourth-order valence-electron chi connectivity index (χ4n) is 3.65. The SMILES string of the molecule is O=C1C[C@]2(CCN(S(=O)(=O)c3ccc(OC(F)(F)F)cc3)C2)Oc2ccccc21. The van der Waals surface area contributed by atoms with Crippen LogP contribution in [0, 0.1) is 0 Å². The third kappa shape index (κ3) is 3.82. The number of ether oxygens (including phenoxy) is 2. The number of alkyl halides is 3. The third-order valence-electron chi connectivity index (χ3n) is 4.97. The summed E-state index contributed by atoms with van der Waals surface area (Å²) >= 11 is 0. The van der Waals surface area contributed by atoms with Crippen LogP contribution in [0.3, 0.4) is 0 Å². The molecule has 0 radical (unpaired) electrons. The Balaban J connectivity index is 1.54. The van der Waals surface area contributed by atoms with Crippen LogP contribution in [0.1, 0.15) is 23.2 Å². The summed E-state index contributed by atoms with van der Waals surface area (Å²) in [4.78, 5) is 12.3. The lowest BCUT2D eigenvalue weighted by Crippen LogP contribution is -2.45. The van der Waals surface area contributed by atoms with Gasteiger partial charge in [0.2, 0.25) is 10.0 Å². The van der Waals surface area contributed by atoms with Gasteiger partial charge in [-0.15, -0.1) is 13.2 Å². The predicted molar refractivity (Wildman–Crippen MR) is 95.2 cm³/mol. The Morgan fingerprint density at radius 2 is 1.76 bits per heavy atom. The maximum atomic E-state index is 12.9. The highest BCUT2D eigenvalue weighted by Crippen LogP contribution is 2.40. The highest BCUT2D eigenvalue weighted by Gasteiger charge is 2.48. The Morgan fingerprint density at radius 1 is 1.07 bits per heavy atom. The minimum Gasteiger partial charge on any atom is -0.485 e. The summed E-state index contributed by atoms with van der Waals surface area (Å²) in [7, 11) is -3.96. The van der Waals surface area contributed by atoms with Gasteiger partial charge in [0.25, 0.3) is 0 Å². The molecule has 0 unspecified atom stereocenters. The normalized spacial score (nSPS) is 22.4. The molecule has 154 valence electrons. The van der Waals surface area contributed by atoms with Crippen molar-refractivity contribution in [3.05, 3.63) is 54.1 Å². The van der Waals surface area contributed by atoms with Crippen LogP contribution in [0.25, 0.3) is 0 Å². The van der Waals surface area contributed by atoms with Gasteiger partial charge < -0.3 is 9.47 Å². The zero-order valence-corrected chi connectivity index (χ0v) is 15.8. The minimum atomic E-state index is -4.86. The van der Waals surface area contributed by atoms with Crippen molar-refractivity contribution < 1.29 is 35.9 Å². The number of benzene rings is 2. The first-order valence-corrected chi connectivity index (χ1v) is 10.2. The number of hydrogen-bond donors (Lipinski definition) is 0. The molecule has 0 saturated carbocycles. The van der Waals surface area contributed by atoms with E-state index >= 15 is 0 Å². The highest BCUT2D eigenvalue weighted by atomic mass is 32.2. The number of nitrogens with zero attached hydrogens (tertiary/aromatic N) is 1. The van der Waals surface area contributed by atoms with Gasteiger partial charge in [-0.3, -0.25) is 4.79 Å². The molecule has 0 N–H and O–H groups in total. The van der Waals surface area contributed by atoms with E-state index in [2.05, 4.69) is 4.74 Å². The largest absolute Gasteiger partial charge is 0.573 e. The van der Waals surface area contributed by atoms with Crippen LogP contribution in [0.5, 0.6) is 11.5 Å². The van der Waals surface area contributed by atoms with E-state index in [1.165, 1.54) is 4.31 Å². The molecule has 1 fully saturated rings. The molecule has 2 aliphatic heterocycles. The van der Waals surface area contributed by atoms with Gasteiger partial charge in [0.05, 0.1) is 23.4 Å². The first-order chi connectivity index (χ1) is 13.6. The lowest BCUT2D eigenvalue weighted by atomic mass is 9.89. The van der Waals surface area contributed by atoms with Gasteiger partial charge in [-0.05, 0) is 36.4 Å². The predicted octanol–water partition coefficient (Wildman–Crippen LogP) is 3.38. The molecule has 4 rings (SSSR count). The summed E-state index contributed by atoms with van der Waals surface area (Å²) in [5.41, 5.74) is -0.475. The minimum absolute atomic E-state index is 0.0176. The standard InChI is InChI=1S/C19H16F3NO5S/c20-19(21,22)27-13-5-7-14(8-6-13)29(25,26)23-10-9-18(12-23)11-16(24)15-3-1-2-4-17(15)28-18/h1-8H,9-12H2/t18-/m0/s1. The van der Waals surface area contributed by atoms with E-state index in [9.17, 15) is 26.4 Å². The average Bonchev–Trinajstić information content (AvgIpc) is 3.05. The van der Waals surface area contributed by atoms with Gasteiger partial charge in [0, 0.05) is 13.0 Å². The molecule has 10 heteroatoms. The molecular formula is C19H16F3NO5S. The molecule has 6 nitrogen and oxygen atoms in total. The molecule has 2 heterocycles. The van der Waals surface area contributed by atoms with Crippen molar-refractivity contribution in [1.82, 2.24) is 4.31 Å². The zero-order chi connectivity index (χ0) is 20.9. The lowest BCUT2D eigenvalue weighted by Gasteiger charge is -2.34. The number of sulfonamides is 1. The number of fused-ring (bicyclic) bond motifs is 1. The second-order valence-corrected chi connectivity index (χ2v) is 8.93. The van der Waals surface area contributed by atoms with Crippen molar-refractivity contribution in [3.63, 3.8) is 0 Å². The van der Waals surface area contributed by atoms with Crippen molar-refractivity contribution in [2.24, 2.45) is 0 Å². The number of halogens is 3. The van der Waals surface area contributed by atoms with E-state index in [1.807, 2.05) is 0 Å². The first-order valence-electron chi connectivity index (χ1n) is 8.75. The maximum Gasteiger partial charge on any atom is 0.573 e. The molecule has 0 aliphatic carbocycles. The van der Waals surface area contributed by atoms with Gasteiger partial charge in [-0.1, -0.05) is 12.1 Å². The van der Waals surface area contributed by atoms with Gasteiger partial charge in [0.1, 0.15) is 17.1 Å². The van der Waals surface area contributed by atoms with Crippen LogP contribution in [0.15, 0.2) is 53.4 Å². The van der Waals surface area contributed by atoms with Gasteiger partial charge in [-0.2, -0.15) is 4.31 Å². The molecule has 0 bridgehead atoms. The quantitative estimate of drug-likeness (QED) is 0.751. The highest BCUT2D eigenvalue weighted by molar-refractivity contribution is 7.89. The van der Waals surface area contributed by atoms with Crippen LogP contribution in [0.4, 0.5) is 13.2 Å². The number of hydrogen-bond acceptors (Lipinski definition) is 5. The summed E-state index contributed by atoms with van der Waals surface area (Å²) in [5.74, 6) is -0.191. The van der Waals surface area contributed by atoms with E-state index in [0.717, 1.165) is 24.3 Å². The summed E-state index contributed by atoms with van der Waals surface area (Å²) in [6.45, 7) is 0.120.